The van der Waals surface area contributed by atoms with E-state index < -0.39 is 5.97 Å². The second-order valence-corrected chi connectivity index (χ2v) is 5.13. The maximum atomic E-state index is 9.00. The first-order valence-electron chi connectivity index (χ1n) is 7.35. The van der Waals surface area contributed by atoms with Crippen molar-refractivity contribution in [1.82, 2.24) is 0 Å². The van der Waals surface area contributed by atoms with Crippen molar-refractivity contribution in [3.8, 4) is 11.1 Å². The van der Waals surface area contributed by atoms with Gasteiger partial charge in [0.2, 0.25) is 0 Å². The quantitative estimate of drug-likeness (QED) is 0.841. The lowest BCUT2D eigenvalue weighted by atomic mass is 9.87. The average Bonchev–Trinajstić information content (AvgIpc) is 2.56. The second kappa shape index (κ2) is 7.99. The number of carbonyl (C=O) groups is 1. The Labute approximate surface area is 131 Å². The summed E-state index contributed by atoms with van der Waals surface area (Å²) >= 11 is 0. The molecule has 0 saturated carbocycles. The number of allylic oxidation sites excluding steroid dienone is 4. The van der Waals surface area contributed by atoms with Crippen molar-refractivity contribution in [3.63, 3.8) is 0 Å². The van der Waals surface area contributed by atoms with Crippen LogP contribution in [0.1, 0.15) is 24.8 Å². The normalized spacial score (nSPS) is 15.8. The Morgan fingerprint density at radius 1 is 1.00 bits per heavy atom. The molecule has 0 fully saturated rings. The molecule has 0 spiro atoms. The number of carboxylic acid groups (broad SMARTS) is 1. The summed E-state index contributed by atoms with van der Waals surface area (Å²) in [6.45, 7) is 1.08. The summed E-state index contributed by atoms with van der Waals surface area (Å²) in [5.74, 6) is -0.327. The SMILES string of the molecule is C1=CCC(c2ccccc2-c2ccccc2)C=C1.CC(=O)O. The van der Waals surface area contributed by atoms with Gasteiger partial charge >= 0.3 is 0 Å². The Bertz CT molecular complexity index is 665. The molecule has 1 atom stereocenters. The van der Waals surface area contributed by atoms with Gasteiger partial charge in [-0.25, -0.2) is 0 Å². The Balaban J connectivity index is 0.000000396. The molecule has 0 saturated heterocycles. The van der Waals surface area contributed by atoms with Gasteiger partial charge in [-0.1, -0.05) is 78.9 Å². The van der Waals surface area contributed by atoms with E-state index in [1.54, 1.807) is 0 Å². The molecule has 0 bridgehead atoms. The molecule has 0 amide bonds. The van der Waals surface area contributed by atoms with E-state index in [-0.39, 0.29) is 0 Å². The molecule has 0 heterocycles. The lowest BCUT2D eigenvalue weighted by Gasteiger charge is -2.18. The fraction of sp³-hybridized carbons (Fsp3) is 0.150. The fourth-order valence-electron chi connectivity index (χ4n) is 2.51. The van der Waals surface area contributed by atoms with E-state index in [9.17, 15) is 0 Å². The van der Waals surface area contributed by atoms with Crippen LogP contribution in [0.2, 0.25) is 0 Å². The van der Waals surface area contributed by atoms with Crippen LogP contribution in [0.25, 0.3) is 11.1 Å². The van der Waals surface area contributed by atoms with Gasteiger partial charge in [-0.15, -0.1) is 0 Å². The molecule has 22 heavy (non-hydrogen) atoms. The standard InChI is InChI=1S/C18H16.C2H4O2/c1-3-9-15(10-4-1)17-13-7-8-14-18(17)16-11-5-2-6-12-16;1-2(3)4/h1-11,13-14,16H,12H2;1H3,(H,3,4). The van der Waals surface area contributed by atoms with Crippen LogP contribution in [-0.2, 0) is 4.79 Å². The van der Waals surface area contributed by atoms with Crippen LogP contribution in [0.15, 0.2) is 78.9 Å². The van der Waals surface area contributed by atoms with Crippen LogP contribution in [-0.4, -0.2) is 11.1 Å². The summed E-state index contributed by atoms with van der Waals surface area (Å²) < 4.78 is 0. The Morgan fingerprint density at radius 3 is 2.27 bits per heavy atom. The topological polar surface area (TPSA) is 37.3 Å². The summed E-state index contributed by atoms with van der Waals surface area (Å²) in [7, 11) is 0. The van der Waals surface area contributed by atoms with Gasteiger partial charge in [-0.05, 0) is 23.1 Å². The van der Waals surface area contributed by atoms with Gasteiger partial charge in [0.05, 0.1) is 0 Å². The molecule has 3 rings (SSSR count). The zero-order valence-electron chi connectivity index (χ0n) is 12.6. The van der Waals surface area contributed by atoms with Gasteiger partial charge in [0.15, 0.2) is 0 Å². The molecular formula is C20H20O2. The van der Waals surface area contributed by atoms with Crippen LogP contribution in [0.3, 0.4) is 0 Å². The monoisotopic (exact) mass is 292 g/mol. The average molecular weight is 292 g/mol. The first kappa shape index (κ1) is 15.8. The third-order valence-electron chi connectivity index (χ3n) is 3.43. The van der Waals surface area contributed by atoms with E-state index in [1.165, 1.54) is 16.7 Å². The Hall–Kier alpha value is -2.61. The molecule has 0 aliphatic heterocycles. The summed E-state index contributed by atoms with van der Waals surface area (Å²) in [5.41, 5.74) is 4.07. The highest BCUT2D eigenvalue weighted by Crippen LogP contribution is 2.33. The Morgan fingerprint density at radius 2 is 1.64 bits per heavy atom. The van der Waals surface area contributed by atoms with Crippen LogP contribution < -0.4 is 0 Å². The molecular weight excluding hydrogens is 272 g/mol. The van der Waals surface area contributed by atoms with Crippen molar-refractivity contribution in [2.24, 2.45) is 0 Å². The van der Waals surface area contributed by atoms with Crippen LogP contribution >= 0.6 is 0 Å². The molecule has 1 unspecified atom stereocenters. The minimum atomic E-state index is -0.833. The summed E-state index contributed by atoms with van der Waals surface area (Å²) in [4.78, 5) is 9.00. The molecule has 2 heteroatoms. The second-order valence-electron chi connectivity index (χ2n) is 5.13. The molecule has 2 nitrogen and oxygen atoms in total. The minimum Gasteiger partial charge on any atom is -0.481 e. The minimum absolute atomic E-state index is 0.506. The number of carboxylic acids is 1. The van der Waals surface area contributed by atoms with Gasteiger partial charge < -0.3 is 5.11 Å². The number of rotatable bonds is 2. The van der Waals surface area contributed by atoms with E-state index in [1.807, 2.05) is 0 Å². The van der Waals surface area contributed by atoms with E-state index in [0.29, 0.717) is 5.92 Å². The maximum absolute atomic E-state index is 9.00. The molecule has 0 aromatic heterocycles. The summed E-state index contributed by atoms with van der Waals surface area (Å²) in [5, 5.41) is 7.42. The van der Waals surface area contributed by atoms with Gasteiger partial charge in [-0.3, -0.25) is 4.79 Å². The third kappa shape index (κ3) is 4.45. The molecule has 1 N–H and O–H groups in total. The van der Waals surface area contributed by atoms with Crippen LogP contribution in [0, 0.1) is 0 Å². The van der Waals surface area contributed by atoms with Crippen molar-refractivity contribution in [2.45, 2.75) is 19.3 Å². The molecule has 1 aliphatic rings. The third-order valence-corrected chi connectivity index (χ3v) is 3.43. The van der Waals surface area contributed by atoms with E-state index in [2.05, 4.69) is 78.9 Å². The molecule has 112 valence electrons. The molecule has 1 aliphatic carbocycles. The zero-order chi connectivity index (χ0) is 15.8. The molecule has 2 aromatic carbocycles. The number of benzene rings is 2. The predicted molar refractivity (Wildman–Crippen MR) is 90.8 cm³/mol. The highest BCUT2D eigenvalue weighted by Gasteiger charge is 2.13. The lowest BCUT2D eigenvalue weighted by Crippen LogP contribution is -1.98. The number of hydrogen-bond acceptors (Lipinski definition) is 1. The largest absolute Gasteiger partial charge is 0.481 e. The van der Waals surface area contributed by atoms with Gasteiger partial charge in [-0.2, -0.15) is 0 Å². The van der Waals surface area contributed by atoms with Crippen molar-refractivity contribution in [1.29, 1.82) is 0 Å². The van der Waals surface area contributed by atoms with E-state index in [0.717, 1.165) is 13.3 Å². The zero-order valence-corrected chi connectivity index (χ0v) is 12.6. The first-order chi connectivity index (χ1) is 10.7. The lowest BCUT2D eigenvalue weighted by molar-refractivity contribution is -0.134. The summed E-state index contributed by atoms with van der Waals surface area (Å²) in [6, 6.07) is 19.3. The highest BCUT2D eigenvalue weighted by molar-refractivity contribution is 5.68. The number of aliphatic carboxylic acids is 1. The van der Waals surface area contributed by atoms with Crippen molar-refractivity contribution in [2.75, 3.05) is 0 Å². The van der Waals surface area contributed by atoms with Crippen molar-refractivity contribution < 1.29 is 9.90 Å². The Kier molecular flexibility index (Phi) is 5.73. The first-order valence-corrected chi connectivity index (χ1v) is 7.35. The summed E-state index contributed by atoms with van der Waals surface area (Å²) in [6.07, 6.45) is 9.91. The smallest absolute Gasteiger partial charge is 0.300 e. The molecule has 2 aromatic rings. The van der Waals surface area contributed by atoms with Crippen LogP contribution in [0.5, 0.6) is 0 Å². The number of hydrogen-bond donors (Lipinski definition) is 1. The van der Waals surface area contributed by atoms with E-state index in [4.69, 9.17) is 9.90 Å². The van der Waals surface area contributed by atoms with Crippen molar-refractivity contribution >= 4 is 5.97 Å². The van der Waals surface area contributed by atoms with Crippen molar-refractivity contribution in [3.05, 3.63) is 84.5 Å². The van der Waals surface area contributed by atoms with E-state index >= 15 is 0 Å². The molecule has 0 radical (unpaired) electrons. The predicted octanol–water partition coefficient (Wildman–Crippen LogP) is 5.04. The highest BCUT2D eigenvalue weighted by atomic mass is 16.4. The van der Waals surface area contributed by atoms with Crippen LogP contribution in [0.4, 0.5) is 0 Å². The fourth-order valence-corrected chi connectivity index (χ4v) is 2.51. The maximum Gasteiger partial charge on any atom is 0.300 e. The van der Waals surface area contributed by atoms with Gasteiger partial charge in [0, 0.05) is 12.8 Å². The van der Waals surface area contributed by atoms with Gasteiger partial charge in [0.25, 0.3) is 5.97 Å². The van der Waals surface area contributed by atoms with Gasteiger partial charge in [0.1, 0.15) is 0 Å².